The second kappa shape index (κ2) is 21.6. The number of ether oxygens (including phenoxy) is 2. The van der Waals surface area contributed by atoms with E-state index in [1.165, 1.54) is 25.3 Å². The molecule has 0 saturated carbocycles. The highest BCUT2D eigenvalue weighted by atomic mass is 127. The van der Waals surface area contributed by atoms with E-state index in [0.717, 1.165) is 9.80 Å². The van der Waals surface area contributed by atoms with E-state index in [4.69, 9.17) is 9.47 Å². The number of esters is 1. The molecular formula is C39H34I4N2O14. The third-order valence-electron chi connectivity index (χ3n) is 8.50. The number of carboxylic acids is 4. The minimum atomic E-state index is -1.36. The number of carbonyl (C=O) groups is 6. The maximum absolute atomic E-state index is 14.2. The van der Waals surface area contributed by atoms with Gasteiger partial charge in [-0.15, -0.1) is 0 Å². The summed E-state index contributed by atoms with van der Waals surface area (Å²) >= 11 is 8.23. The number of methoxy groups -OCH3 is 1. The Morgan fingerprint density at radius 2 is 1.10 bits per heavy atom. The first-order valence-electron chi connectivity index (χ1n) is 17.0. The van der Waals surface area contributed by atoms with Crippen molar-refractivity contribution in [3.05, 3.63) is 108 Å². The molecule has 0 bridgehead atoms. The molecule has 0 amide bonds. The molecule has 0 aliphatic heterocycles. The van der Waals surface area contributed by atoms with Gasteiger partial charge in [-0.2, -0.15) is 0 Å². The number of phenolic OH excluding ortho intramolecular Hbond substituents is 2. The van der Waals surface area contributed by atoms with E-state index in [0.29, 0.717) is 36.9 Å². The van der Waals surface area contributed by atoms with Gasteiger partial charge in [-0.25, -0.2) is 0 Å². The maximum atomic E-state index is 14.2. The molecule has 0 radical (unpaired) electrons. The minimum Gasteiger partial charge on any atom is -0.507 e. The molecule has 0 saturated heterocycles. The minimum absolute atomic E-state index is 0.0524. The number of ketones is 1. The fraction of sp³-hybridized carbons (Fsp3) is 0.231. The Hall–Kier alpha value is -3.86. The molecule has 0 aliphatic rings. The van der Waals surface area contributed by atoms with Crippen molar-refractivity contribution in [2.75, 3.05) is 33.3 Å². The van der Waals surface area contributed by atoms with Gasteiger partial charge in [0.05, 0.1) is 53.5 Å². The Kier molecular flexibility index (Phi) is 17.5. The zero-order valence-electron chi connectivity index (χ0n) is 30.7. The zero-order valence-corrected chi connectivity index (χ0v) is 39.3. The average Bonchev–Trinajstić information content (AvgIpc) is 3.14. The normalized spacial score (nSPS) is 11.6. The van der Waals surface area contributed by atoms with Crippen molar-refractivity contribution in [1.82, 2.24) is 9.80 Å². The number of aromatic hydroxyl groups is 2. The van der Waals surface area contributed by atoms with Gasteiger partial charge in [0.2, 0.25) is 0 Å². The quantitative estimate of drug-likeness (QED) is 0.0338. The molecule has 6 N–H and O–H groups in total. The van der Waals surface area contributed by atoms with E-state index in [1.807, 2.05) is 45.2 Å². The van der Waals surface area contributed by atoms with Crippen LogP contribution < -0.4 is 4.74 Å². The fourth-order valence-electron chi connectivity index (χ4n) is 6.03. The summed E-state index contributed by atoms with van der Waals surface area (Å²) in [6, 6.07) is 15.9. The van der Waals surface area contributed by atoms with Crippen molar-refractivity contribution in [2.24, 2.45) is 0 Å². The number of carboxylic acid groups (broad SMARTS) is 4. The molecule has 4 aromatic carbocycles. The first kappa shape index (κ1) is 47.8. The molecule has 16 nitrogen and oxygen atoms in total. The van der Waals surface area contributed by atoms with Crippen LogP contribution in [0.25, 0.3) is 0 Å². The Morgan fingerprint density at radius 1 is 0.627 bits per heavy atom. The molecule has 4 aromatic rings. The molecule has 0 fully saturated rings. The number of benzene rings is 4. The predicted octanol–water partition coefficient (Wildman–Crippen LogP) is 5.98. The van der Waals surface area contributed by atoms with E-state index in [-0.39, 0.29) is 34.4 Å². The van der Waals surface area contributed by atoms with Gasteiger partial charge in [0.1, 0.15) is 17.2 Å². The average molecular weight is 1260 g/mol. The van der Waals surface area contributed by atoms with Crippen LogP contribution in [0, 0.1) is 14.3 Å². The molecule has 0 aromatic heterocycles. The van der Waals surface area contributed by atoms with Gasteiger partial charge >= 0.3 is 29.8 Å². The lowest BCUT2D eigenvalue weighted by atomic mass is 9.90. The fourth-order valence-corrected chi connectivity index (χ4v) is 9.78. The molecule has 59 heavy (non-hydrogen) atoms. The number of halogens is 4. The SMILES string of the molecule is COC(=O)C(Cc1cccc(C(=O)c2cc(CN(CC(=O)O)CC(=O)O)c(O)c(CN(CC(=O)O)CC(=O)O)c2)c1)c1cc(I)c(Oc2cc(I)c(O)c(I)c2)c(I)c1. The third-order valence-corrected chi connectivity index (χ3v) is 11.7. The van der Waals surface area contributed by atoms with Gasteiger partial charge in [-0.1, -0.05) is 18.2 Å². The van der Waals surface area contributed by atoms with Crippen LogP contribution in [0.4, 0.5) is 0 Å². The Labute approximate surface area is 391 Å². The van der Waals surface area contributed by atoms with E-state index >= 15 is 0 Å². The molecule has 0 spiro atoms. The second-order valence-electron chi connectivity index (χ2n) is 13.0. The summed E-state index contributed by atoms with van der Waals surface area (Å²) in [5.41, 5.74) is 1.13. The van der Waals surface area contributed by atoms with Crippen LogP contribution in [0.3, 0.4) is 0 Å². The lowest BCUT2D eigenvalue weighted by molar-refractivity contribution is -0.144. The van der Waals surface area contributed by atoms with E-state index in [9.17, 15) is 59.4 Å². The van der Waals surface area contributed by atoms with Crippen LogP contribution >= 0.6 is 90.4 Å². The van der Waals surface area contributed by atoms with Crippen LogP contribution in [0.5, 0.6) is 23.0 Å². The second-order valence-corrected chi connectivity index (χ2v) is 17.6. The Bertz CT molecular complexity index is 2170. The number of phenols is 2. The molecule has 1 atom stereocenters. The van der Waals surface area contributed by atoms with Crippen molar-refractivity contribution in [2.45, 2.75) is 25.4 Å². The zero-order chi connectivity index (χ0) is 43.7. The summed E-state index contributed by atoms with van der Waals surface area (Å²) in [5.74, 6) is -6.71. The van der Waals surface area contributed by atoms with Crippen LogP contribution in [-0.2, 0) is 48.2 Å². The van der Waals surface area contributed by atoms with Crippen molar-refractivity contribution >= 4 is 126 Å². The summed E-state index contributed by atoms with van der Waals surface area (Å²) in [6.45, 7) is -3.86. The van der Waals surface area contributed by atoms with Gasteiger partial charge in [-0.3, -0.25) is 38.6 Å². The number of aliphatic carboxylic acids is 4. The van der Waals surface area contributed by atoms with Crippen LogP contribution in [-0.4, -0.2) is 109 Å². The summed E-state index contributed by atoms with van der Waals surface area (Å²) in [7, 11) is 1.26. The van der Waals surface area contributed by atoms with Gasteiger partial charge in [0, 0.05) is 35.3 Å². The smallest absolute Gasteiger partial charge is 0.317 e. The number of rotatable bonds is 20. The number of nitrogens with zero attached hydrogens (tertiary/aromatic N) is 2. The summed E-state index contributed by atoms with van der Waals surface area (Å²) < 4.78 is 14.0. The molecule has 1 unspecified atom stereocenters. The van der Waals surface area contributed by atoms with E-state index in [1.54, 1.807) is 42.5 Å². The largest absolute Gasteiger partial charge is 0.507 e. The third kappa shape index (κ3) is 13.6. The van der Waals surface area contributed by atoms with Gasteiger partial charge in [0.25, 0.3) is 0 Å². The van der Waals surface area contributed by atoms with Gasteiger partial charge in [-0.05, 0) is 150 Å². The molecule has 20 heteroatoms. The highest BCUT2D eigenvalue weighted by molar-refractivity contribution is 14.1. The summed E-state index contributed by atoms with van der Waals surface area (Å²) in [6.07, 6.45) is 0.0965. The van der Waals surface area contributed by atoms with Crippen molar-refractivity contribution in [3.63, 3.8) is 0 Å². The number of carbonyl (C=O) groups excluding carboxylic acids is 2. The highest BCUT2D eigenvalue weighted by Crippen LogP contribution is 2.39. The summed E-state index contributed by atoms with van der Waals surface area (Å²) in [4.78, 5) is 75.6. The topological polar surface area (TPSA) is 249 Å². The molecule has 312 valence electrons. The van der Waals surface area contributed by atoms with Crippen molar-refractivity contribution in [3.8, 4) is 23.0 Å². The molecular weight excluding hydrogens is 1230 g/mol. The summed E-state index contributed by atoms with van der Waals surface area (Å²) in [5, 5.41) is 59.0. The predicted molar refractivity (Wildman–Crippen MR) is 243 cm³/mol. The Balaban J connectivity index is 1.72. The van der Waals surface area contributed by atoms with E-state index in [2.05, 4.69) is 45.2 Å². The van der Waals surface area contributed by atoms with Gasteiger partial charge < -0.3 is 40.1 Å². The monoisotopic (exact) mass is 1260 g/mol. The molecule has 4 rings (SSSR count). The lowest BCUT2D eigenvalue weighted by Gasteiger charge is -2.23. The maximum Gasteiger partial charge on any atom is 0.317 e. The first-order valence-corrected chi connectivity index (χ1v) is 21.3. The van der Waals surface area contributed by atoms with Gasteiger partial charge in [0.15, 0.2) is 11.5 Å². The van der Waals surface area contributed by atoms with Crippen molar-refractivity contribution < 1.29 is 68.9 Å². The first-order chi connectivity index (χ1) is 27.8. The number of hydrogen-bond acceptors (Lipinski definition) is 12. The van der Waals surface area contributed by atoms with Crippen LogP contribution in [0.1, 0.15) is 44.1 Å². The number of hydrogen-bond donors (Lipinski definition) is 6. The highest BCUT2D eigenvalue weighted by Gasteiger charge is 2.27. The standard InChI is InChI=1S/C39H34I4N2O14/c1-58-39(57)26(21-9-29(42)38(30(43)10-21)59-25-11-27(40)37(56)28(41)12-25)6-19-3-2-4-20(5-19)35(54)22-7-23(13-44(15-31(46)47)16-32(48)49)36(55)24(8-22)14-45(17-33(50)51)18-34(52)53/h2-5,7-12,26,55-56H,6,13-18H2,1H3,(H,46,47)(H,48,49)(H,50,51)(H,52,53). The Morgan fingerprint density at radius 3 is 1.54 bits per heavy atom. The molecule has 0 aliphatic carbocycles. The lowest BCUT2D eigenvalue weighted by Crippen LogP contribution is -2.35. The van der Waals surface area contributed by atoms with Crippen LogP contribution in [0.2, 0.25) is 0 Å². The van der Waals surface area contributed by atoms with Crippen LogP contribution in [0.15, 0.2) is 60.7 Å². The van der Waals surface area contributed by atoms with Crippen molar-refractivity contribution in [1.29, 1.82) is 0 Å². The van der Waals surface area contributed by atoms with E-state index < -0.39 is 86.6 Å². The molecule has 0 heterocycles.